The number of hydrogen-bond donors (Lipinski definition) is 0. The Kier molecular flexibility index (Phi) is 10.2. The predicted molar refractivity (Wildman–Crippen MR) is 314 cm³/mol. The molecule has 0 amide bonds. The van der Waals surface area contributed by atoms with Gasteiger partial charge in [0.2, 0.25) is 0 Å². The van der Waals surface area contributed by atoms with Crippen molar-refractivity contribution in [2.45, 2.75) is 44.6 Å². The van der Waals surface area contributed by atoms with Gasteiger partial charge in [-0.15, -0.1) is 11.3 Å². The number of furan rings is 2. The third-order valence-electron chi connectivity index (χ3n) is 16.5. The van der Waals surface area contributed by atoms with Crippen LogP contribution in [0.4, 0.5) is 0 Å². The zero-order chi connectivity index (χ0) is 49.7. The van der Waals surface area contributed by atoms with Gasteiger partial charge in [0.15, 0.2) is 5.84 Å². The Morgan fingerprint density at radius 2 is 1.11 bits per heavy atom. The number of amidine groups is 1. The van der Waals surface area contributed by atoms with Crippen LogP contribution in [0.2, 0.25) is 0 Å². The van der Waals surface area contributed by atoms with Gasteiger partial charge in [-0.05, 0) is 147 Å². The highest BCUT2D eigenvalue weighted by Gasteiger charge is 2.34. The summed E-state index contributed by atoms with van der Waals surface area (Å²) in [6.07, 6.45) is 1.89. The first-order valence-electron chi connectivity index (χ1n) is 26.3. The second-order valence-corrected chi connectivity index (χ2v) is 21.7. The lowest BCUT2D eigenvalue weighted by molar-refractivity contribution is 0.533. The van der Waals surface area contributed by atoms with E-state index in [1.54, 1.807) is 0 Å². The quantitative estimate of drug-likeness (QED) is 0.152. The van der Waals surface area contributed by atoms with Gasteiger partial charge in [0, 0.05) is 58.8 Å². The van der Waals surface area contributed by atoms with Gasteiger partial charge in [0.25, 0.3) is 0 Å². The fourth-order valence-corrected chi connectivity index (χ4v) is 13.7. The average Bonchev–Trinajstić information content (AvgIpc) is 4.20. The standard InChI is InChI=1S/C70H50N2O2S/c1-3-50-68(43-17-8-5-9-18-43)71-70(49-27-31-54-53-21-12-13-23-61(53)74-64(54)40-49)72-69(50)55-22-14-24-63-67(55)60-38-45(28-32-62(60)73-63)47-30-34-66-59(37-47)58-36-46(29-33-65(58)75-66)44-25-26-48-39-56(41(2)42-15-6-4-7-16-42)51-19-10-11-20-52(51)57(48)35-44/h4-38,40-41,50,56,68H,3,39H2,1-2H3. The van der Waals surface area contributed by atoms with Crippen LogP contribution in [0.5, 0.6) is 0 Å². The van der Waals surface area contributed by atoms with Crippen LogP contribution in [-0.4, -0.2) is 11.5 Å². The molecule has 4 unspecified atom stereocenters. The molecule has 2 aliphatic rings. The number of thiophene rings is 1. The van der Waals surface area contributed by atoms with Crippen molar-refractivity contribution in [3.05, 3.63) is 252 Å². The van der Waals surface area contributed by atoms with E-state index in [-0.39, 0.29) is 12.0 Å². The molecule has 15 rings (SSSR count). The van der Waals surface area contributed by atoms with Gasteiger partial charge >= 0.3 is 0 Å². The molecule has 4 nitrogen and oxygen atoms in total. The van der Waals surface area contributed by atoms with Gasteiger partial charge in [-0.2, -0.15) is 0 Å². The molecule has 0 spiro atoms. The minimum Gasteiger partial charge on any atom is -0.456 e. The van der Waals surface area contributed by atoms with Gasteiger partial charge in [0.05, 0.1) is 11.8 Å². The molecule has 0 N–H and O–H groups in total. The first kappa shape index (κ1) is 43.9. The lowest BCUT2D eigenvalue weighted by atomic mass is 9.71. The van der Waals surface area contributed by atoms with Gasteiger partial charge < -0.3 is 8.83 Å². The van der Waals surface area contributed by atoms with E-state index in [4.69, 9.17) is 18.8 Å². The predicted octanol–water partition coefficient (Wildman–Crippen LogP) is 19.3. The smallest absolute Gasteiger partial charge is 0.155 e. The van der Waals surface area contributed by atoms with E-state index in [2.05, 4.69) is 220 Å². The van der Waals surface area contributed by atoms with Crippen LogP contribution in [0, 0.1) is 5.92 Å². The van der Waals surface area contributed by atoms with Crippen LogP contribution in [0.3, 0.4) is 0 Å². The Balaban J connectivity index is 0.811. The molecule has 0 bridgehead atoms. The minimum absolute atomic E-state index is 0.0298. The van der Waals surface area contributed by atoms with Crippen LogP contribution in [0.15, 0.2) is 237 Å². The maximum absolute atomic E-state index is 6.71. The second kappa shape index (κ2) is 17.5. The molecule has 0 saturated carbocycles. The maximum atomic E-state index is 6.71. The molecular formula is C70H50N2O2S. The number of rotatable bonds is 8. The molecule has 4 atom stereocenters. The number of benzene rings is 10. The van der Waals surface area contributed by atoms with Crippen LogP contribution in [-0.2, 0) is 6.42 Å². The molecular weight excluding hydrogens is 933 g/mol. The fourth-order valence-electron chi connectivity index (χ4n) is 12.6. The summed E-state index contributed by atoms with van der Waals surface area (Å²) in [6.45, 7) is 4.65. The SMILES string of the molecule is CCC1C(c2cccc3oc4ccc(-c5ccc6sc7ccc(-c8ccc9c(c8)-c8ccccc8C(C(C)c8ccccc8)C9)cc7c6c5)cc4c23)=NC(c2ccc3c(c2)oc2ccccc23)=NC1c1ccccc1. The van der Waals surface area contributed by atoms with Crippen LogP contribution >= 0.6 is 11.3 Å². The number of fused-ring (bicyclic) bond motifs is 12. The van der Waals surface area contributed by atoms with Crippen molar-refractivity contribution in [1.29, 1.82) is 0 Å². The van der Waals surface area contributed by atoms with Gasteiger partial charge in [-0.3, -0.25) is 4.99 Å². The summed E-state index contributed by atoms with van der Waals surface area (Å²) in [5.41, 5.74) is 19.4. The first-order valence-corrected chi connectivity index (χ1v) is 27.2. The highest BCUT2D eigenvalue weighted by atomic mass is 32.1. The van der Waals surface area contributed by atoms with E-state index >= 15 is 0 Å². The van der Waals surface area contributed by atoms with Crippen molar-refractivity contribution in [3.63, 3.8) is 0 Å². The summed E-state index contributed by atoms with van der Waals surface area (Å²) in [6, 6.07) is 79.5. The van der Waals surface area contributed by atoms with Crippen LogP contribution in [0.1, 0.15) is 71.5 Å². The van der Waals surface area contributed by atoms with Crippen LogP contribution in [0.25, 0.3) is 97.4 Å². The molecule has 0 fully saturated rings. The van der Waals surface area contributed by atoms with E-state index in [1.807, 2.05) is 23.5 Å². The molecule has 5 heteroatoms. The van der Waals surface area contributed by atoms with Gasteiger partial charge in [-0.1, -0.05) is 166 Å². The topological polar surface area (TPSA) is 51.0 Å². The zero-order valence-electron chi connectivity index (χ0n) is 41.6. The summed E-state index contributed by atoms with van der Waals surface area (Å²) in [7, 11) is 0. The minimum atomic E-state index is -0.132. The Labute approximate surface area is 439 Å². The van der Waals surface area contributed by atoms with Crippen molar-refractivity contribution < 1.29 is 8.83 Å². The van der Waals surface area contributed by atoms with Crippen molar-refractivity contribution in [1.82, 2.24) is 0 Å². The molecule has 4 heterocycles. The molecule has 0 saturated heterocycles. The lowest BCUT2D eigenvalue weighted by Gasteiger charge is -2.32. The van der Waals surface area contributed by atoms with E-state index in [0.717, 1.165) is 79.1 Å². The zero-order valence-corrected chi connectivity index (χ0v) is 42.4. The molecule has 1 aliphatic carbocycles. The van der Waals surface area contributed by atoms with Crippen molar-refractivity contribution in [3.8, 4) is 33.4 Å². The largest absolute Gasteiger partial charge is 0.456 e. The highest BCUT2D eigenvalue weighted by molar-refractivity contribution is 7.25. The molecule has 10 aromatic carbocycles. The number of para-hydroxylation sites is 1. The lowest BCUT2D eigenvalue weighted by Crippen LogP contribution is -2.28. The molecule has 75 heavy (non-hydrogen) atoms. The highest BCUT2D eigenvalue weighted by Crippen LogP contribution is 2.48. The normalized spacial score (nSPS) is 16.9. The summed E-state index contributed by atoms with van der Waals surface area (Å²) < 4.78 is 15.7. The molecule has 1 aliphatic heterocycles. The van der Waals surface area contributed by atoms with Crippen molar-refractivity contribution >= 4 is 86.9 Å². The average molecular weight is 983 g/mol. The number of nitrogens with zero attached hydrogens (tertiary/aromatic N) is 2. The fraction of sp³-hybridized carbons (Fsp3) is 0.114. The van der Waals surface area contributed by atoms with Crippen molar-refractivity contribution in [2.24, 2.45) is 15.9 Å². The van der Waals surface area contributed by atoms with E-state index in [9.17, 15) is 0 Å². The third-order valence-corrected chi connectivity index (χ3v) is 17.6. The molecule has 13 aromatic rings. The van der Waals surface area contributed by atoms with E-state index in [0.29, 0.717) is 17.7 Å². The third kappa shape index (κ3) is 7.24. The van der Waals surface area contributed by atoms with Gasteiger partial charge in [-0.25, -0.2) is 4.99 Å². The summed E-state index contributed by atoms with van der Waals surface area (Å²) >= 11 is 1.86. The summed E-state index contributed by atoms with van der Waals surface area (Å²) in [4.78, 5) is 11.0. The van der Waals surface area contributed by atoms with E-state index in [1.165, 1.54) is 70.2 Å². The Bertz CT molecular complexity index is 4480. The molecule has 0 radical (unpaired) electrons. The number of hydrogen-bond acceptors (Lipinski definition) is 5. The molecule has 358 valence electrons. The number of aliphatic imine (C=N–C) groups is 2. The van der Waals surface area contributed by atoms with Crippen LogP contribution < -0.4 is 0 Å². The summed E-state index contributed by atoms with van der Waals surface area (Å²) in [5, 5.41) is 6.90. The Morgan fingerprint density at radius 3 is 1.91 bits per heavy atom. The second-order valence-electron chi connectivity index (χ2n) is 20.6. The summed E-state index contributed by atoms with van der Waals surface area (Å²) in [5.74, 6) is 1.57. The molecule has 3 aromatic heterocycles. The maximum Gasteiger partial charge on any atom is 0.155 e. The first-order chi connectivity index (χ1) is 37.0. The Hall–Kier alpha value is -8.64. The monoisotopic (exact) mass is 982 g/mol. The van der Waals surface area contributed by atoms with Crippen molar-refractivity contribution in [2.75, 3.05) is 0 Å². The van der Waals surface area contributed by atoms with Gasteiger partial charge in [0.1, 0.15) is 22.3 Å². The van der Waals surface area contributed by atoms with E-state index < -0.39 is 0 Å². The Morgan fingerprint density at radius 1 is 0.493 bits per heavy atom.